The highest BCUT2D eigenvalue weighted by Crippen LogP contribution is 2.44. The molecule has 6 heteroatoms. The maximum absolute atomic E-state index is 7.99. The van der Waals surface area contributed by atoms with Crippen LogP contribution in [0.3, 0.4) is 0 Å². The van der Waals surface area contributed by atoms with Crippen LogP contribution in [0, 0.1) is 6.85 Å². The Kier molecular flexibility index (Phi) is 5.42. The molecule has 2 aromatic heterocycles. The van der Waals surface area contributed by atoms with E-state index in [4.69, 9.17) is 9.05 Å². The number of hydrogen-bond donors (Lipinski definition) is 0. The Hall–Kier alpha value is -5.17. The van der Waals surface area contributed by atoms with E-state index >= 15 is 0 Å². The second-order valence-electron chi connectivity index (χ2n) is 11.7. The zero-order valence-corrected chi connectivity index (χ0v) is 25.5. The van der Waals surface area contributed by atoms with Crippen molar-refractivity contribution >= 4 is 63.0 Å². The Labute approximate surface area is 262 Å². The van der Waals surface area contributed by atoms with Gasteiger partial charge >= 0.3 is 0 Å². The van der Waals surface area contributed by atoms with E-state index in [2.05, 4.69) is 89.4 Å². The normalized spacial score (nSPS) is 14.5. The number of fused-ring (bicyclic) bond motifs is 4. The first-order chi connectivity index (χ1) is 22.7. The first-order valence-electron chi connectivity index (χ1n) is 16.2. The summed E-state index contributed by atoms with van der Waals surface area (Å²) in [7, 11) is -2.26. The number of nitrogens with zero attached hydrogens (tertiary/aromatic N) is 4. The topological polar surface area (TPSA) is 33.5 Å². The Bertz CT molecular complexity index is 2280. The summed E-state index contributed by atoms with van der Waals surface area (Å²) in [6.45, 7) is 2.50. The average molecular weight is 592 g/mol. The van der Waals surface area contributed by atoms with E-state index in [9.17, 15) is 0 Å². The van der Waals surface area contributed by atoms with Crippen LogP contribution in [0.5, 0.6) is 0 Å². The lowest BCUT2D eigenvalue weighted by atomic mass is 10.1. The van der Waals surface area contributed by atoms with Crippen molar-refractivity contribution in [3.8, 4) is 5.82 Å². The first-order valence-corrected chi connectivity index (χ1v) is 17.7. The Balaban J connectivity index is 1.22. The molecule has 0 bridgehead atoms. The number of aromatic nitrogens is 2. The van der Waals surface area contributed by atoms with Gasteiger partial charge in [-0.25, -0.2) is 4.98 Å². The molecule has 3 heterocycles. The van der Waals surface area contributed by atoms with Crippen molar-refractivity contribution in [1.82, 2.24) is 9.55 Å². The molecule has 1 aliphatic rings. The van der Waals surface area contributed by atoms with Gasteiger partial charge in [0.2, 0.25) is 0 Å². The number of anilines is 4. The van der Waals surface area contributed by atoms with Gasteiger partial charge < -0.3 is 0 Å². The van der Waals surface area contributed by atoms with Crippen LogP contribution in [0.1, 0.15) is 9.68 Å². The summed E-state index contributed by atoms with van der Waals surface area (Å²) in [5, 5.41) is 8.50. The van der Waals surface area contributed by atoms with Crippen LogP contribution in [0.4, 0.5) is 22.7 Å². The quantitative estimate of drug-likeness (QED) is 0.188. The van der Waals surface area contributed by atoms with E-state index in [-0.39, 0.29) is 5.56 Å². The van der Waals surface area contributed by atoms with Gasteiger partial charge in [0.25, 0.3) is 0 Å². The van der Waals surface area contributed by atoms with Crippen LogP contribution in [0.15, 0.2) is 140 Å². The molecule has 0 atom stereocenters. The summed E-state index contributed by atoms with van der Waals surface area (Å²) < 4.78 is 26.1. The maximum Gasteiger partial charge on any atom is 0.137 e. The first kappa shape index (κ1) is 23.3. The fourth-order valence-electron chi connectivity index (χ4n) is 6.25. The molecule has 0 amide bonds. The van der Waals surface area contributed by atoms with Crippen LogP contribution in [-0.4, -0.2) is 17.6 Å². The minimum absolute atomic E-state index is 0.271. The van der Waals surface area contributed by atoms with E-state index in [1.165, 1.54) is 10.4 Å². The molecular weight excluding hydrogens is 557 g/mol. The second-order valence-corrected chi connectivity index (χ2v) is 16.1. The summed E-state index contributed by atoms with van der Waals surface area (Å²) in [6.07, 6.45) is 1.59. The number of benzene rings is 5. The highest BCUT2D eigenvalue weighted by Gasteiger charge is 2.32. The number of aryl methyl sites for hydroxylation is 1. The Morgan fingerprint density at radius 1 is 0.614 bits per heavy atom. The Morgan fingerprint density at radius 3 is 2.11 bits per heavy atom. The van der Waals surface area contributed by atoms with Crippen molar-refractivity contribution in [2.75, 3.05) is 10.1 Å². The van der Waals surface area contributed by atoms with E-state index in [1.54, 1.807) is 18.3 Å². The summed E-state index contributed by atoms with van der Waals surface area (Å²) in [5.74, 6) is 0.594. The molecule has 44 heavy (non-hydrogen) atoms. The number of para-hydroxylation sites is 4. The molecule has 0 unspecified atom stereocenters. The monoisotopic (exact) mass is 591 g/mol. The van der Waals surface area contributed by atoms with Crippen molar-refractivity contribution in [1.29, 1.82) is 0 Å². The molecule has 1 aliphatic heterocycles. The van der Waals surface area contributed by atoms with Gasteiger partial charge in [0.1, 0.15) is 13.9 Å². The minimum atomic E-state index is -2.26. The zero-order valence-electron chi connectivity index (χ0n) is 27.5. The molecule has 0 N–H and O–H groups in total. The Morgan fingerprint density at radius 2 is 1.30 bits per heavy atom. The van der Waals surface area contributed by atoms with E-state index in [0.717, 1.165) is 44.6 Å². The van der Waals surface area contributed by atoms with Gasteiger partial charge in [-0.1, -0.05) is 96.3 Å². The number of pyridine rings is 1. The molecule has 5 aromatic carbocycles. The van der Waals surface area contributed by atoms with Gasteiger partial charge in [-0.15, -0.1) is 4.94 Å². The SMILES string of the molecule is [2H]C([2H])([2H])c1ccnc(-n2c3ccccc3c3ccc([Si](C)(C)c4cccc(N5ON(c6ccccc6)c6ccccc65)c4)cc32)c1. The molecule has 214 valence electrons. The van der Waals surface area contributed by atoms with Crippen LogP contribution in [0.25, 0.3) is 27.6 Å². The van der Waals surface area contributed by atoms with Crippen molar-refractivity contribution < 1.29 is 9.05 Å². The highest BCUT2D eigenvalue weighted by atomic mass is 28.3. The van der Waals surface area contributed by atoms with Crippen LogP contribution < -0.4 is 20.5 Å². The maximum atomic E-state index is 7.99. The predicted molar refractivity (Wildman–Crippen MR) is 185 cm³/mol. The van der Waals surface area contributed by atoms with Gasteiger partial charge in [0.05, 0.1) is 33.8 Å². The van der Waals surface area contributed by atoms with E-state index < -0.39 is 14.9 Å². The molecule has 0 aliphatic carbocycles. The third-order valence-corrected chi connectivity index (χ3v) is 12.2. The van der Waals surface area contributed by atoms with Crippen LogP contribution in [-0.2, 0) is 4.94 Å². The van der Waals surface area contributed by atoms with Gasteiger partial charge in [0.15, 0.2) is 0 Å². The highest BCUT2D eigenvalue weighted by molar-refractivity contribution is 7.00. The number of rotatable bonds is 5. The lowest BCUT2D eigenvalue weighted by Crippen LogP contribution is -2.52. The van der Waals surface area contributed by atoms with Crippen molar-refractivity contribution in [3.63, 3.8) is 0 Å². The smallest absolute Gasteiger partial charge is 0.137 e. The molecule has 5 nitrogen and oxygen atoms in total. The van der Waals surface area contributed by atoms with E-state index in [1.807, 2.05) is 64.7 Å². The molecule has 0 spiro atoms. The molecule has 0 fully saturated rings. The fourth-order valence-corrected chi connectivity index (χ4v) is 8.60. The van der Waals surface area contributed by atoms with Crippen LogP contribution in [0.2, 0.25) is 13.1 Å². The summed E-state index contributed by atoms with van der Waals surface area (Å²) in [6, 6.07) is 45.2. The summed E-state index contributed by atoms with van der Waals surface area (Å²) in [4.78, 5) is 11.1. The predicted octanol–water partition coefficient (Wildman–Crippen LogP) is 8.45. The second kappa shape index (κ2) is 10.2. The van der Waals surface area contributed by atoms with Gasteiger partial charge in [0, 0.05) is 21.1 Å². The molecular formula is C38H32N4OSi. The molecule has 8 rings (SSSR count). The molecule has 0 saturated heterocycles. The lowest BCUT2D eigenvalue weighted by Gasteiger charge is -2.26. The average Bonchev–Trinajstić information content (AvgIpc) is 3.65. The third kappa shape index (κ3) is 4.22. The molecule has 0 radical (unpaired) electrons. The van der Waals surface area contributed by atoms with E-state index in [0.29, 0.717) is 5.82 Å². The van der Waals surface area contributed by atoms with Crippen molar-refractivity contribution in [3.05, 3.63) is 145 Å². The minimum Gasteiger partial charge on any atom is -0.294 e. The summed E-state index contributed by atoms with van der Waals surface area (Å²) in [5.41, 5.74) is 6.13. The van der Waals surface area contributed by atoms with Crippen molar-refractivity contribution in [2.24, 2.45) is 0 Å². The van der Waals surface area contributed by atoms with Gasteiger partial charge in [-0.05, 0) is 73.1 Å². The molecule has 0 saturated carbocycles. The lowest BCUT2D eigenvalue weighted by molar-refractivity contribution is 0.156. The third-order valence-electron chi connectivity index (χ3n) is 8.65. The molecule has 7 aromatic rings. The van der Waals surface area contributed by atoms with Gasteiger partial charge in [-0.3, -0.25) is 4.57 Å². The zero-order chi connectivity index (χ0) is 32.3. The van der Waals surface area contributed by atoms with Crippen molar-refractivity contribution in [2.45, 2.75) is 19.9 Å². The standard InChI is InChI=1S/C38H32N4OSi/c1-27-22-23-39-38(24-27)40-34-17-8-7-16-32(34)33-21-20-31(26-37(33)40)44(2,3)30-15-11-14-29(25-30)42-36-19-10-9-18-35(36)41(43-42)28-12-5-4-6-13-28/h4-26H,1-3H3/i1D3. The number of hydrogen-bond acceptors (Lipinski definition) is 4. The largest absolute Gasteiger partial charge is 0.294 e. The fraction of sp³-hybridized carbons (Fsp3) is 0.0789. The summed E-state index contributed by atoms with van der Waals surface area (Å²) >= 11 is 0. The van der Waals surface area contributed by atoms with Crippen LogP contribution >= 0.6 is 0 Å². The van der Waals surface area contributed by atoms with Gasteiger partial charge in [-0.2, -0.15) is 10.1 Å².